The van der Waals surface area contributed by atoms with Crippen LogP contribution in [0.2, 0.25) is 0 Å². The van der Waals surface area contributed by atoms with Gasteiger partial charge in [-0.15, -0.1) is 0 Å². The summed E-state index contributed by atoms with van der Waals surface area (Å²) >= 11 is 0. The molecule has 2 atom stereocenters. The fraction of sp³-hybridized carbons (Fsp3) is 0.625. The minimum Gasteiger partial charge on any atom is -0.481 e. The average Bonchev–Trinajstić information content (AvgIpc) is 2.16. The number of hydrogen-bond acceptors (Lipinski definition) is 3. The Labute approximate surface area is 85.5 Å². The Morgan fingerprint density at radius 1 is 1.20 bits per heavy atom. The Bertz CT molecular complexity index is 303. The smallest absolute Gasteiger partial charge is 0.408 e. The zero-order valence-corrected chi connectivity index (χ0v) is 7.92. The quantitative estimate of drug-likeness (QED) is 0.564. The van der Waals surface area contributed by atoms with Gasteiger partial charge in [-0.2, -0.15) is 0 Å². The Morgan fingerprint density at radius 3 is 2.20 bits per heavy atom. The number of amides is 2. The largest absolute Gasteiger partial charge is 0.481 e. The van der Waals surface area contributed by atoms with Gasteiger partial charge in [-0.1, -0.05) is 0 Å². The molecule has 0 bridgehead atoms. The van der Waals surface area contributed by atoms with Crippen molar-refractivity contribution in [1.82, 2.24) is 4.90 Å². The lowest BCUT2D eigenvalue weighted by atomic mass is 9.93. The number of primary amides is 1. The van der Waals surface area contributed by atoms with E-state index >= 15 is 0 Å². The first-order valence-electron chi connectivity index (χ1n) is 4.45. The van der Waals surface area contributed by atoms with Gasteiger partial charge in [0.05, 0.1) is 5.92 Å². The number of nitrogens with two attached hydrogens (primary N) is 1. The van der Waals surface area contributed by atoms with Gasteiger partial charge in [0.1, 0.15) is 6.04 Å². The summed E-state index contributed by atoms with van der Waals surface area (Å²) in [6.45, 7) is -0.182. The van der Waals surface area contributed by atoms with Gasteiger partial charge < -0.3 is 15.9 Å². The molecule has 0 aliphatic carbocycles. The molecule has 0 spiro atoms. The van der Waals surface area contributed by atoms with E-state index in [1.54, 1.807) is 0 Å². The molecule has 4 N–H and O–H groups in total. The fourth-order valence-electron chi connectivity index (χ4n) is 1.68. The van der Waals surface area contributed by atoms with Crippen molar-refractivity contribution in [2.45, 2.75) is 18.9 Å². The van der Waals surface area contributed by atoms with Gasteiger partial charge in [-0.3, -0.25) is 14.5 Å². The van der Waals surface area contributed by atoms with E-state index in [-0.39, 0.29) is 19.4 Å². The Balaban J connectivity index is 2.78. The summed E-state index contributed by atoms with van der Waals surface area (Å²) in [5.41, 5.74) is 5.03. The second-order valence-electron chi connectivity index (χ2n) is 3.47. The molecule has 1 saturated heterocycles. The highest BCUT2D eigenvalue weighted by Gasteiger charge is 2.37. The Hall–Kier alpha value is -1.79. The van der Waals surface area contributed by atoms with E-state index in [1.807, 2.05) is 0 Å². The van der Waals surface area contributed by atoms with Crippen molar-refractivity contribution in [1.29, 1.82) is 0 Å². The monoisotopic (exact) mass is 216 g/mol. The summed E-state index contributed by atoms with van der Waals surface area (Å²) in [6, 6.07) is -0.905. The fourth-order valence-corrected chi connectivity index (χ4v) is 1.68. The third kappa shape index (κ3) is 2.36. The van der Waals surface area contributed by atoms with Crippen molar-refractivity contribution in [3.63, 3.8) is 0 Å². The molecule has 0 saturated carbocycles. The first-order valence-corrected chi connectivity index (χ1v) is 4.45. The highest BCUT2D eigenvalue weighted by molar-refractivity contribution is 5.84. The molecule has 1 fully saturated rings. The number of carboxylic acids is 1. The van der Waals surface area contributed by atoms with E-state index in [9.17, 15) is 14.4 Å². The molecular weight excluding hydrogens is 204 g/mol. The van der Waals surface area contributed by atoms with Crippen LogP contribution in [0.15, 0.2) is 0 Å². The minimum absolute atomic E-state index is 0.165. The maximum absolute atomic E-state index is 10.9. The van der Waals surface area contributed by atoms with Gasteiger partial charge in [-0.05, 0) is 12.8 Å². The molecule has 15 heavy (non-hydrogen) atoms. The highest BCUT2D eigenvalue weighted by Crippen LogP contribution is 2.22. The number of carbonyl (C=O) groups excluding carboxylic acids is 1. The molecule has 84 valence electrons. The SMILES string of the molecule is NC(=O)[C@@H]1CC[C@@H](C(=O)O)CN1C(=O)O. The molecule has 0 aromatic carbocycles. The van der Waals surface area contributed by atoms with Gasteiger partial charge in [0.2, 0.25) is 5.91 Å². The van der Waals surface area contributed by atoms with Gasteiger partial charge in [-0.25, -0.2) is 4.79 Å². The third-order valence-corrected chi connectivity index (χ3v) is 2.51. The van der Waals surface area contributed by atoms with Gasteiger partial charge in [0.15, 0.2) is 0 Å². The van der Waals surface area contributed by atoms with Crippen molar-refractivity contribution < 1.29 is 24.6 Å². The summed E-state index contributed by atoms with van der Waals surface area (Å²) < 4.78 is 0. The first-order chi connectivity index (χ1) is 6.93. The number of piperidine rings is 1. The van der Waals surface area contributed by atoms with Gasteiger partial charge in [0.25, 0.3) is 0 Å². The van der Waals surface area contributed by atoms with E-state index < -0.39 is 29.9 Å². The molecule has 1 aliphatic heterocycles. The summed E-state index contributed by atoms with van der Waals surface area (Å²) in [5.74, 6) is -2.54. The Morgan fingerprint density at radius 2 is 1.80 bits per heavy atom. The number of hydrogen-bond donors (Lipinski definition) is 3. The van der Waals surface area contributed by atoms with Crippen LogP contribution in [0.1, 0.15) is 12.8 Å². The zero-order valence-electron chi connectivity index (χ0n) is 7.92. The molecule has 1 aliphatic rings. The molecule has 1 rings (SSSR count). The van der Waals surface area contributed by atoms with E-state index in [4.69, 9.17) is 15.9 Å². The normalized spacial score (nSPS) is 26.0. The van der Waals surface area contributed by atoms with Gasteiger partial charge in [0, 0.05) is 6.54 Å². The maximum Gasteiger partial charge on any atom is 0.408 e. The highest BCUT2D eigenvalue weighted by atomic mass is 16.4. The summed E-state index contributed by atoms with van der Waals surface area (Å²) in [6.07, 6.45) is -0.879. The van der Waals surface area contributed by atoms with Crippen LogP contribution in [0, 0.1) is 5.92 Å². The van der Waals surface area contributed by atoms with Crippen LogP contribution in [0.3, 0.4) is 0 Å². The van der Waals surface area contributed by atoms with Crippen molar-refractivity contribution in [3.05, 3.63) is 0 Å². The zero-order chi connectivity index (χ0) is 11.6. The number of carbonyl (C=O) groups is 3. The maximum atomic E-state index is 10.9. The van der Waals surface area contributed by atoms with E-state index in [2.05, 4.69) is 0 Å². The summed E-state index contributed by atoms with van der Waals surface area (Å²) in [4.78, 5) is 33.1. The van der Waals surface area contributed by atoms with Crippen LogP contribution >= 0.6 is 0 Å². The van der Waals surface area contributed by atoms with Crippen LogP contribution in [0.4, 0.5) is 4.79 Å². The van der Waals surface area contributed by atoms with Crippen LogP contribution in [-0.4, -0.2) is 45.7 Å². The second kappa shape index (κ2) is 4.16. The van der Waals surface area contributed by atoms with E-state index in [0.29, 0.717) is 0 Å². The lowest BCUT2D eigenvalue weighted by Crippen LogP contribution is -2.53. The Kier molecular flexibility index (Phi) is 3.13. The molecule has 2 amide bonds. The lowest BCUT2D eigenvalue weighted by Gasteiger charge is -2.34. The number of carboxylic acid groups (broad SMARTS) is 2. The van der Waals surface area contributed by atoms with Crippen LogP contribution in [-0.2, 0) is 9.59 Å². The molecule has 0 unspecified atom stereocenters. The second-order valence-corrected chi connectivity index (χ2v) is 3.47. The average molecular weight is 216 g/mol. The molecule has 7 heteroatoms. The van der Waals surface area contributed by atoms with E-state index in [1.165, 1.54) is 0 Å². The molecule has 0 aromatic rings. The predicted octanol–water partition coefficient (Wildman–Crippen LogP) is -0.685. The van der Waals surface area contributed by atoms with Crippen molar-refractivity contribution >= 4 is 18.0 Å². The van der Waals surface area contributed by atoms with Crippen LogP contribution < -0.4 is 5.73 Å². The van der Waals surface area contributed by atoms with Crippen molar-refractivity contribution in [3.8, 4) is 0 Å². The summed E-state index contributed by atoms with van der Waals surface area (Å²) in [5, 5.41) is 17.5. The predicted molar refractivity (Wildman–Crippen MR) is 48.1 cm³/mol. The summed E-state index contributed by atoms with van der Waals surface area (Å²) in [7, 11) is 0. The molecule has 0 aromatic heterocycles. The lowest BCUT2D eigenvalue weighted by molar-refractivity contribution is -0.145. The molecular formula is C8H12N2O5. The van der Waals surface area contributed by atoms with Crippen LogP contribution in [0.25, 0.3) is 0 Å². The minimum atomic E-state index is -1.32. The van der Waals surface area contributed by atoms with E-state index in [0.717, 1.165) is 4.90 Å². The molecule has 0 radical (unpaired) electrons. The standard InChI is InChI=1S/C8H12N2O5/c9-6(11)5-2-1-4(7(12)13)3-10(5)8(14)15/h4-5H,1-3H2,(H2,9,11)(H,12,13)(H,14,15)/t4-,5+/m1/s1. The van der Waals surface area contributed by atoms with Crippen LogP contribution in [0.5, 0.6) is 0 Å². The third-order valence-electron chi connectivity index (χ3n) is 2.51. The number of rotatable bonds is 2. The molecule has 1 heterocycles. The number of nitrogens with zero attached hydrogens (tertiary/aromatic N) is 1. The topological polar surface area (TPSA) is 121 Å². The van der Waals surface area contributed by atoms with Gasteiger partial charge >= 0.3 is 12.1 Å². The first kappa shape index (κ1) is 11.3. The van der Waals surface area contributed by atoms with Crippen molar-refractivity contribution in [2.24, 2.45) is 11.7 Å². The van der Waals surface area contributed by atoms with Crippen molar-refractivity contribution in [2.75, 3.05) is 6.54 Å². The molecule has 7 nitrogen and oxygen atoms in total. The number of aliphatic carboxylic acids is 1. The number of likely N-dealkylation sites (tertiary alicyclic amines) is 1.